The fourth-order valence-corrected chi connectivity index (χ4v) is 5.22. The van der Waals surface area contributed by atoms with Gasteiger partial charge < -0.3 is 10.1 Å². The number of carbonyl (C=O) groups excluding carboxylic acids is 1. The minimum atomic E-state index is -3.73. The van der Waals surface area contributed by atoms with Gasteiger partial charge in [-0.05, 0) is 62.2 Å². The minimum absolute atomic E-state index is 0.0742. The summed E-state index contributed by atoms with van der Waals surface area (Å²) < 4.78 is 32.9. The number of halogens is 1. The standard InChI is InChI=1S/C24H31ClN2O4S/c1-3-31-23-15-10-18(24(28)26-21-8-6-4-5-7-9-21)16-19(23)17-27(2)32(29,30)22-13-11-20(25)12-14-22/h10-16,21H,3-9,17H2,1-2H3,(H,26,28). The quantitative estimate of drug-likeness (QED) is 0.541. The van der Waals surface area contributed by atoms with Crippen molar-refractivity contribution >= 4 is 27.5 Å². The molecule has 1 saturated carbocycles. The first-order valence-corrected chi connectivity index (χ1v) is 12.9. The van der Waals surface area contributed by atoms with Gasteiger partial charge in [-0.2, -0.15) is 4.31 Å². The Hall–Kier alpha value is -2.09. The maximum Gasteiger partial charge on any atom is 0.251 e. The fraction of sp³-hybridized carbons (Fsp3) is 0.458. The molecule has 0 bridgehead atoms. The van der Waals surface area contributed by atoms with Crippen molar-refractivity contribution in [3.05, 3.63) is 58.6 Å². The number of ether oxygens (including phenoxy) is 1. The van der Waals surface area contributed by atoms with Gasteiger partial charge in [-0.1, -0.05) is 37.3 Å². The van der Waals surface area contributed by atoms with Crippen LogP contribution in [0, 0.1) is 0 Å². The van der Waals surface area contributed by atoms with Gasteiger partial charge in [0.1, 0.15) is 5.75 Å². The highest BCUT2D eigenvalue weighted by Gasteiger charge is 2.23. The second-order valence-corrected chi connectivity index (χ2v) is 10.6. The summed E-state index contributed by atoms with van der Waals surface area (Å²) >= 11 is 5.89. The second kappa shape index (κ2) is 11.2. The first kappa shape index (κ1) is 24.6. The number of nitrogens with zero attached hydrogens (tertiary/aromatic N) is 1. The van der Waals surface area contributed by atoms with Crippen LogP contribution in [0.5, 0.6) is 5.75 Å². The number of hydrogen-bond acceptors (Lipinski definition) is 4. The smallest absolute Gasteiger partial charge is 0.251 e. The van der Waals surface area contributed by atoms with E-state index < -0.39 is 10.0 Å². The Morgan fingerprint density at radius 1 is 1.09 bits per heavy atom. The summed E-state index contributed by atoms with van der Waals surface area (Å²) in [4.78, 5) is 13.0. The zero-order chi connectivity index (χ0) is 23.1. The van der Waals surface area contributed by atoms with Crippen molar-refractivity contribution in [2.24, 2.45) is 0 Å². The van der Waals surface area contributed by atoms with E-state index >= 15 is 0 Å². The first-order valence-electron chi connectivity index (χ1n) is 11.1. The van der Waals surface area contributed by atoms with Gasteiger partial charge in [-0.15, -0.1) is 0 Å². The molecule has 0 atom stereocenters. The lowest BCUT2D eigenvalue weighted by molar-refractivity contribution is 0.0933. The zero-order valence-corrected chi connectivity index (χ0v) is 20.2. The van der Waals surface area contributed by atoms with Crippen LogP contribution in [0.4, 0.5) is 0 Å². The average molecular weight is 479 g/mol. The molecule has 1 amide bonds. The number of rotatable bonds is 8. The molecule has 1 N–H and O–H groups in total. The Bertz CT molecular complexity index is 1020. The molecule has 1 fully saturated rings. The summed E-state index contributed by atoms with van der Waals surface area (Å²) in [5.41, 5.74) is 1.14. The van der Waals surface area contributed by atoms with Crippen LogP contribution in [0.25, 0.3) is 0 Å². The number of nitrogens with one attached hydrogen (secondary N) is 1. The van der Waals surface area contributed by atoms with E-state index in [0.29, 0.717) is 28.5 Å². The zero-order valence-electron chi connectivity index (χ0n) is 18.6. The molecule has 8 heteroatoms. The second-order valence-electron chi connectivity index (χ2n) is 8.13. The average Bonchev–Trinajstić information content (AvgIpc) is 3.04. The van der Waals surface area contributed by atoms with E-state index in [-0.39, 0.29) is 23.4 Å². The summed E-state index contributed by atoms with van der Waals surface area (Å²) in [5, 5.41) is 3.61. The van der Waals surface area contributed by atoms with Crippen LogP contribution < -0.4 is 10.1 Å². The normalized spacial score (nSPS) is 15.4. The van der Waals surface area contributed by atoms with Crippen molar-refractivity contribution in [3.63, 3.8) is 0 Å². The first-order chi connectivity index (χ1) is 15.3. The summed E-state index contributed by atoms with van der Waals surface area (Å²) in [7, 11) is -2.22. The Kier molecular flexibility index (Phi) is 8.57. The summed E-state index contributed by atoms with van der Waals surface area (Å²) in [6.07, 6.45) is 6.69. The monoisotopic (exact) mass is 478 g/mol. The van der Waals surface area contributed by atoms with E-state index in [0.717, 1.165) is 25.7 Å². The maximum absolute atomic E-state index is 13.0. The Morgan fingerprint density at radius 2 is 1.75 bits per heavy atom. The van der Waals surface area contributed by atoms with Crippen molar-refractivity contribution in [2.75, 3.05) is 13.7 Å². The van der Waals surface area contributed by atoms with E-state index in [1.807, 2.05) is 6.92 Å². The van der Waals surface area contributed by atoms with E-state index in [1.54, 1.807) is 30.3 Å². The molecular weight excluding hydrogens is 448 g/mol. The third kappa shape index (κ3) is 6.24. The van der Waals surface area contributed by atoms with Gasteiger partial charge in [0, 0.05) is 35.8 Å². The van der Waals surface area contributed by atoms with Crippen LogP contribution in [-0.4, -0.2) is 38.3 Å². The van der Waals surface area contributed by atoms with Crippen LogP contribution in [-0.2, 0) is 16.6 Å². The van der Waals surface area contributed by atoms with Crippen molar-refractivity contribution in [3.8, 4) is 5.75 Å². The van der Waals surface area contributed by atoms with Gasteiger partial charge in [0.15, 0.2) is 0 Å². The van der Waals surface area contributed by atoms with Crippen LogP contribution in [0.15, 0.2) is 47.4 Å². The van der Waals surface area contributed by atoms with Gasteiger partial charge >= 0.3 is 0 Å². The SMILES string of the molecule is CCOc1ccc(C(=O)NC2CCCCCC2)cc1CN(C)S(=O)(=O)c1ccc(Cl)cc1. The lowest BCUT2D eigenvalue weighted by atomic mass is 10.1. The van der Waals surface area contributed by atoms with E-state index in [4.69, 9.17) is 16.3 Å². The van der Waals surface area contributed by atoms with E-state index in [1.165, 1.54) is 36.3 Å². The number of sulfonamides is 1. The Labute approximate surface area is 196 Å². The van der Waals surface area contributed by atoms with Crippen molar-refractivity contribution < 1.29 is 17.9 Å². The van der Waals surface area contributed by atoms with Gasteiger partial charge in [0.05, 0.1) is 11.5 Å². The third-order valence-corrected chi connectivity index (χ3v) is 7.80. The van der Waals surface area contributed by atoms with E-state index in [9.17, 15) is 13.2 Å². The molecular formula is C24H31ClN2O4S. The Morgan fingerprint density at radius 3 is 2.38 bits per heavy atom. The predicted molar refractivity (Wildman–Crippen MR) is 127 cm³/mol. The molecule has 174 valence electrons. The molecule has 0 aliphatic heterocycles. The van der Waals surface area contributed by atoms with Gasteiger partial charge in [0.25, 0.3) is 5.91 Å². The van der Waals surface area contributed by atoms with Crippen LogP contribution >= 0.6 is 11.6 Å². The molecule has 0 heterocycles. The number of amides is 1. The lowest BCUT2D eigenvalue weighted by Gasteiger charge is -2.20. The number of carbonyl (C=O) groups is 1. The molecule has 2 aromatic rings. The molecule has 3 rings (SSSR count). The maximum atomic E-state index is 13.0. The third-order valence-electron chi connectivity index (χ3n) is 5.73. The van der Waals surface area contributed by atoms with Crippen LogP contribution in [0.2, 0.25) is 5.02 Å². The molecule has 0 aromatic heterocycles. The topological polar surface area (TPSA) is 75.7 Å². The molecule has 1 aliphatic rings. The molecule has 1 aliphatic carbocycles. The molecule has 0 spiro atoms. The van der Waals surface area contributed by atoms with Crippen molar-refractivity contribution in [1.29, 1.82) is 0 Å². The molecule has 2 aromatic carbocycles. The summed E-state index contributed by atoms with van der Waals surface area (Å²) in [6.45, 7) is 2.38. The van der Waals surface area contributed by atoms with Gasteiger partial charge in [-0.3, -0.25) is 4.79 Å². The molecule has 0 radical (unpaired) electrons. The molecule has 6 nitrogen and oxygen atoms in total. The van der Waals surface area contributed by atoms with Gasteiger partial charge in [-0.25, -0.2) is 8.42 Å². The Balaban J connectivity index is 1.80. The van der Waals surface area contributed by atoms with Crippen LogP contribution in [0.3, 0.4) is 0 Å². The van der Waals surface area contributed by atoms with E-state index in [2.05, 4.69) is 5.32 Å². The number of hydrogen-bond donors (Lipinski definition) is 1. The lowest BCUT2D eigenvalue weighted by Crippen LogP contribution is -2.34. The molecule has 32 heavy (non-hydrogen) atoms. The highest BCUT2D eigenvalue weighted by Crippen LogP contribution is 2.26. The van der Waals surface area contributed by atoms with Gasteiger partial charge in [0.2, 0.25) is 10.0 Å². The summed E-state index contributed by atoms with van der Waals surface area (Å²) in [6, 6.07) is 11.4. The fourth-order valence-electron chi connectivity index (χ4n) is 3.94. The highest BCUT2D eigenvalue weighted by molar-refractivity contribution is 7.89. The molecule has 0 unspecified atom stereocenters. The molecule has 0 saturated heterocycles. The van der Waals surface area contributed by atoms with Crippen LogP contribution in [0.1, 0.15) is 61.4 Å². The highest BCUT2D eigenvalue weighted by atomic mass is 35.5. The predicted octanol–water partition coefficient (Wildman–Crippen LogP) is 5.01. The van der Waals surface area contributed by atoms with Crippen molar-refractivity contribution in [1.82, 2.24) is 9.62 Å². The van der Waals surface area contributed by atoms with Crippen molar-refractivity contribution in [2.45, 2.75) is 62.9 Å². The largest absolute Gasteiger partial charge is 0.494 e. The summed E-state index contributed by atoms with van der Waals surface area (Å²) in [5.74, 6) is 0.432. The minimum Gasteiger partial charge on any atom is -0.494 e. The number of benzene rings is 2.